The summed E-state index contributed by atoms with van der Waals surface area (Å²) in [5.74, 6) is 0. The van der Waals surface area contributed by atoms with E-state index in [-0.39, 0.29) is 0 Å². The van der Waals surface area contributed by atoms with Gasteiger partial charge in [-0.1, -0.05) is 278 Å². The van der Waals surface area contributed by atoms with E-state index in [0.717, 1.165) is 45.5 Å². The van der Waals surface area contributed by atoms with Crippen LogP contribution in [0.3, 0.4) is 0 Å². The fourth-order valence-electron chi connectivity index (χ4n) is 16.6. The molecule has 0 aliphatic heterocycles. The van der Waals surface area contributed by atoms with Crippen LogP contribution in [0.4, 0.5) is 34.1 Å². The lowest BCUT2D eigenvalue weighted by Gasteiger charge is -2.26. The van der Waals surface area contributed by atoms with Gasteiger partial charge in [0.1, 0.15) is 0 Å². The second-order valence-corrected chi connectivity index (χ2v) is 27.6. The van der Waals surface area contributed by atoms with Gasteiger partial charge in [0.2, 0.25) is 0 Å². The minimum Gasteiger partial charge on any atom is -0.311 e. The van der Waals surface area contributed by atoms with Crippen LogP contribution in [0.15, 0.2) is 400 Å². The lowest BCUT2D eigenvalue weighted by Crippen LogP contribution is -2.10. The van der Waals surface area contributed by atoms with E-state index >= 15 is 0 Å². The van der Waals surface area contributed by atoms with Gasteiger partial charge < -0.3 is 18.9 Å². The Morgan fingerprint density at radius 2 is 0.425 bits per heavy atom. The summed E-state index contributed by atoms with van der Waals surface area (Å²) in [6, 6.07) is 145. The summed E-state index contributed by atoms with van der Waals surface area (Å²) in [6.45, 7) is 4.34. The molecule has 0 saturated carbocycles. The SMILES string of the molecule is Cc1ccc2c(c1)c1cc(C)ccc1n2-c1ccc(N(c2ccccc2)c2ccc(-c3c4ccccc4c(-c4ccccc4)c4ccccc34)cc2)cc1.c1ccc(-c2c3ccccc3c(-c3cccc(N(c4ccccc4)c4ccc(-n5c6ccccc6c6ccccc65)cc4)c3)c3ccccc23)cc1. The van der Waals surface area contributed by atoms with Crippen LogP contribution in [-0.4, -0.2) is 9.13 Å². The molecular formula is C102H72N4. The van der Waals surface area contributed by atoms with Gasteiger partial charge in [0.05, 0.1) is 22.1 Å². The second kappa shape index (κ2) is 26.9. The van der Waals surface area contributed by atoms with E-state index in [1.54, 1.807) is 0 Å². The largest absolute Gasteiger partial charge is 0.311 e. The molecule has 20 aromatic rings. The summed E-state index contributed by atoms with van der Waals surface area (Å²) in [7, 11) is 0. The maximum absolute atomic E-state index is 2.40. The van der Waals surface area contributed by atoms with Gasteiger partial charge in [0, 0.05) is 67.0 Å². The highest BCUT2D eigenvalue weighted by molar-refractivity contribution is 6.23. The molecule has 0 amide bonds. The summed E-state index contributed by atoms with van der Waals surface area (Å²) in [5.41, 5.74) is 26.3. The Balaban J connectivity index is 0.000000145. The number of rotatable bonds is 12. The van der Waals surface area contributed by atoms with Gasteiger partial charge in [0.25, 0.3) is 0 Å². The lowest BCUT2D eigenvalue weighted by atomic mass is 9.86. The highest BCUT2D eigenvalue weighted by atomic mass is 15.1. The van der Waals surface area contributed by atoms with Gasteiger partial charge >= 0.3 is 0 Å². The van der Waals surface area contributed by atoms with Gasteiger partial charge in [-0.25, -0.2) is 0 Å². The summed E-state index contributed by atoms with van der Waals surface area (Å²) in [5, 5.41) is 15.2. The van der Waals surface area contributed by atoms with E-state index in [1.807, 2.05) is 0 Å². The predicted octanol–water partition coefficient (Wildman–Crippen LogP) is 28.4. The number of hydrogen-bond acceptors (Lipinski definition) is 2. The van der Waals surface area contributed by atoms with Crippen LogP contribution in [0, 0.1) is 13.8 Å². The first kappa shape index (κ1) is 63.1. The molecule has 2 heterocycles. The topological polar surface area (TPSA) is 16.3 Å². The molecule has 0 atom stereocenters. The minimum absolute atomic E-state index is 1.10. The fourth-order valence-corrected chi connectivity index (χ4v) is 16.6. The molecule has 0 fully saturated rings. The standard InChI is InChI=1S/C52H38N2.C50H34N2/c1-35-21-31-49-47(33-35)48-34-36(2)22-32-50(48)54(49)42-29-27-41(28-30-42)53(39-15-7-4-8-16-39)40-25-23-38(24-26-40)52-45-19-11-9-17-43(45)51(37-13-5-3-6-14-37)44-18-10-12-20-46(44)52;1-3-16-35(17-4-1)49-43-24-7-9-26-45(43)50(46-27-10-8-25-44(46)49)36-18-15-21-40(34-36)51(37-19-5-2-6-20-37)38-30-32-39(33-31-38)52-47-28-13-11-22-41(47)42-23-12-14-29-48(42)52/h3-34H,1-2H3;1-34H. The van der Waals surface area contributed by atoms with Gasteiger partial charge in [-0.3, -0.25) is 0 Å². The van der Waals surface area contributed by atoms with E-state index in [2.05, 4.69) is 433 Å². The van der Waals surface area contributed by atoms with Gasteiger partial charge in [-0.05, 0) is 235 Å². The monoisotopic (exact) mass is 1350 g/mol. The first-order valence-electron chi connectivity index (χ1n) is 36.6. The molecule has 0 spiro atoms. The van der Waals surface area contributed by atoms with Crippen LogP contribution in [-0.2, 0) is 0 Å². The van der Waals surface area contributed by atoms with Crippen molar-refractivity contribution >= 4 is 121 Å². The summed E-state index contributed by atoms with van der Waals surface area (Å²) >= 11 is 0. The smallest absolute Gasteiger partial charge is 0.0541 e. The minimum atomic E-state index is 1.10. The van der Waals surface area contributed by atoms with E-state index in [1.165, 1.54) is 142 Å². The molecule has 0 radical (unpaired) electrons. The van der Waals surface area contributed by atoms with Crippen LogP contribution in [0.2, 0.25) is 0 Å². The Morgan fingerprint density at radius 1 is 0.170 bits per heavy atom. The highest BCUT2D eigenvalue weighted by Crippen LogP contribution is 2.48. The summed E-state index contributed by atoms with van der Waals surface area (Å²) < 4.78 is 4.77. The summed E-state index contributed by atoms with van der Waals surface area (Å²) in [6.07, 6.45) is 0. The molecule has 2 aromatic heterocycles. The molecule has 106 heavy (non-hydrogen) atoms. The van der Waals surface area contributed by atoms with Crippen molar-refractivity contribution in [3.63, 3.8) is 0 Å². The molecule has 20 rings (SSSR count). The highest BCUT2D eigenvalue weighted by Gasteiger charge is 2.23. The van der Waals surface area contributed by atoms with Crippen molar-refractivity contribution in [3.05, 3.63) is 412 Å². The van der Waals surface area contributed by atoms with E-state index in [9.17, 15) is 0 Å². The third-order valence-corrected chi connectivity index (χ3v) is 21.2. The second-order valence-electron chi connectivity index (χ2n) is 27.6. The van der Waals surface area contributed by atoms with Crippen molar-refractivity contribution in [2.45, 2.75) is 13.8 Å². The predicted molar refractivity (Wildman–Crippen MR) is 452 cm³/mol. The molecule has 18 aromatic carbocycles. The Morgan fingerprint density at radius 3 is 0.792 bits per heavy atom. The molecule has 4 heteroatoms. The molecule has 0 aliphatic carbocycles. The van der Waals surface area contributed by atoms with E-state index < -0.39 is 0 Å². The van der Waals surface area contributed by atoms with Crippen molar-refractivity contribution in [1.82, 2.24) is 9.13 Å². The lowest BCUT2D eigenvalue weighted by molar-refractivity contribution is 1.17. The van der Waals surface area contributed by atoms with Crippen molar-refractivity contribution in [2.24, 2.45) is 0 Å². The third-order valence-electron chi connectivity index (χ3n) is 21.2. The van der Waals surface area contributed by atoms with Crippen molar-refractivity contribution < 1.29 is 0 Å². The Labute approximate surface area is 617 Å². The Kier molecular flexibility index (Phi) is 16.0. The third kappa shape index (κ3) is 11.1. The number of benzene rings is 18. The maximum atomic E-state index is 2.40. The molecule has 0 unspecified atom stereocenters. The maximum Gasteiger partial charge on any atom is 0.0541 e. The zero-order valence-electron chi connectivity index (χ0n) is 58.9. The fraction of sp³-hybridized carbons (Fsp3) is 0.0196. The quantitative estimate of drug-likeness (QED) is 0.113. The number of para-hydroxylation sites is 4. The molecule has 0 N–H and O–H groups in total. The van der Waals surface area contributed by atoms with Crippen LogP contribution >= 0.6 is 0 Å². The van der Waals surface area contributed by atoms with E-state index in [0.29, 0.717) is 0 Å². The Hall–Kier alpha value is -13.8. The van der Waals surface area contributed by atoms with Gasteiger partial charge in [0.15, 0.2) is 0 Å². The van der Waals surface area contributed by atoms with Crippen molar-refractivity contribution in [2.75, 3.05) is 9.80 Å². The normalized spacial score (nSPS) is 11.5. The number of hydrogen-bond donors (Lipinski definition) is 0. The number of nitrogens with zero attached hydrogens (tertiary/aromatic N) is 4. The van der Waals surface area contributed by atoms with Crippen LogP contribution in [0.1, 0.15) is 11.1 Å². The first-order valence-corrected chi connectivity index (χ1v) is 36.6. The van der Waals surface area contributed by atoms with Gasteiger partial charge in [-0.2, -0.15) is 0 Å². The van der Waals surface area contributed by atoms with Crippen LogP contribution in [0.5, 0.6) is 0 Å². The Bertz CT molecular complexity index is 6450. The first-order chi connectivity index (χ1) is 52.5. The summed E-state index contributed by atoms with van der Waals surface area (Å²) in [4.78, 5) is 4.71. The number of aromatic nitrogens is 2. The van der Waals surface area contributed by atoms with Crippen LogP contribution in [0.25, 0.3) is 143 Å². The number of fused-ring (bicyclic) bond motifs is 10. The average molecular weight is 1350 g/mol. The molecule has 0 saturated heterocycles. The van der Waals surface area contributed by atoms with E-state index in [4.69, 9.17) is 0 Å². The average Bonchev–Trinajstić information content (AvgIpc) is 1.43. The molecule has 0 bridgehead atoms. The number of anilines is 6. The molecule has 500 valence electrons. The zero-order chi connectivity index (χ0) is 70.6. The molecular weight excluding hydrogens is 1280 g/mol. The van der Waals surface area contributed by atoms with Crippen molar-refractivity contribution in [3.8, 4) is 55.9 Å². The molecule has 4 nitrogen and oxygen atoms in total. The number of aryl methyl sites for hydroxylation is 2. The molecule has 0 aliphatic rings. The zero-order valence-corrected chi connectivity index (χ0v) is 58.9. The van der Waals surface area contributed by atoms with Gasteiger partial charge in [-0.15, -0.1) is 0 Å². The van der Waals surface area contributed by atoms with Crippen molar-refractivity contribution in [1.29, 1.82) is 0 Å². The van der Waals surface area contributed by atoms with Crippen LogP contribution < -0.4 is 9.80 Å².